The minimum Gasteiger partial charge on any atom is -0.497 e. The molecule has 0 unspecified atom stereocenters. The van der Waals surface area contributed by atoms with E-state index in [1.807, 2.05) is 18.2 Å². The Morgan fingerprint density at radius 2 is 1.89 bits per heavy atom. The summed E-state index contributed by atoms with van der Waals surface area (Å²) < 4.78 is 11.0. The van der Waals surface area contributed by atoms with Crippen LogP contribution in [0.3, 0.4) is 0 Å². The Morgan fingerprint density at radius 3 is 2.68 bits per heavy atom. The highest BCUT2D eigenvalue weighted by molar-refractivity contribution is 5.78. The monoisotopic (exact) mass is 253 g/mol. The molecule has 0 bridgehead atoms. The van der Waals surface area contributed by atoms with Gasteiger partial charge in [0.1, 0.15) is 11.3 Å². The molecule has 0 fully saturated rings. The first-order valence-electron chi connectivity index (χ1n) is 6.19. The molecular weight excluding hydrogens is 238 g/mol. The summed E-state index contributed by atoms with van der Waals surface area (Å²) in [6, 6.07) is 11.9. The summed E-state index contributed by atoms with van der Waals surface area (Å²) in [6.07, 6.45) is 0. The molecule has 0 saturated heterocycles. The van der Waals surface area contributed by atoms with E-state index in [4.69, 9.17) is 9.15 Å². The Balaban J connectivity index is 2.17. The van der Waals surface area contributed by atoms with Crippen molar-refractivity contribution in [2.24, 2.45) is 0 Å². The number of oxazole rings is 1. The van der Waals surface area contributed by atoms with Gasteiger partial charge in [0.25, 0.3) is 0 Å². The molecule has 96 valence electrons. The highest BCUT2D eigenvalue weighted by Crippen LogP contribution is 2.29. The van der Waals surface area contributed by atoms with Crippen LogP contribution in [0.15, 0.2) is 40.8 Å². The maximum Gasteiger partial charge on any atom is 0.227 e. The topological polar surface area (TPSA) is 35.3 Å². The van der Waals surface area contributed by atoms with E-state index in [0.29, 0.717) is 5.89 Å². The van der Waals surface area contributed by atoms with Gasteiger partial charge in [-0.3, -0.25) is 0 Å². The molecule has 3 aromatic rings. The number of fused-ring (bicyclic) bond motifs is 1. The Morgan fingerprint density at radius 1 is 1.05 bits per heavy atom. The molecule has 0 saturated carbocycles. The number of methoxy groups -OCH3 is 1. The van der Waals surface area contributed by atoms with Crippen LogP contribution < -0.4 is 4.74 Å². The summed E-state index contributed by atoms with van der Waals surface area (Å²) >= 11 is 0. The van der Waals surface area contributed by atoms with Gasteiger partial charge in [0, 0.05) is 11.6 Å². The number of aryl methyl sites for hydroxylation is 2. The first kappa shape index (κ1) is 11.8. The van der Waals surface area contributed by atoms with Crippen LogP contribution in [0.5, 0.6) is 5.75 Å². The molecule has 3 heteroatoms. The normalized spacial score (nSPS) is 10.9. The van der Waals surface area contributed by atoms with E-state index in [1.165, 1.54) is 5.56 Å². The first-order chi connectivity index (χ1) is 9.17. The molecule has 3 rings (SSSR count). The zero-order valence-electron chi connectivity index (χ0n) is 11.2. The predicted molar refractivity (Wildman–Crippen MR) is 75.5 cm³/mol. The standard InChI is InChI=1S/C16H15NO2/c1-10-4-5-11(2)13(8-10)16-17-14-9-12(18-3)6-7-15(14)19-16/h4-9H,1-3H3. The second-order valence-electron chi connectivity index (χ2n) is 4.67. The third-order valence-corrected chi connectivity index (χ3v) is 3.22. The van der Waals surface area contributed by atoms with E-state index in [0.717, 1.165) is 28.0 Å². The van der Waals surface area contributed by atoms with Gasteiger partial charge in [0.15, 0.2) is 5.58 Å². The largest absolute Gasteiger partial charge is 0.497 e. The lowest BCUT2D eigenvalue weighted by Gasteiger charge is -2.02. The maximum absolute atomic E-state index is 5.82. The lowest BCUT2D eigenvalue weighted by molar-refractivity contribution is 0.415. The second kappa shape index (κ2) is 4.43. The number of benzene rings is 2. The van der Waals surface area contributed by atoms with Crippen molar-refractivity contribution in [3.8, 4) is 17.2 Å². The third-order valence-electron chi connectivity index (χ3n) is 3.22. The summed E-state index contributed by atoms with van der Waals surface area (Å²) in [4.78, 5) is 4.55. The molecule has 1 heterocycles. The van der Waals surface area contributed by atoms with Crippen LogP contribution in [-0.4, -0.2) is 12.1 Å². The molecule has 0 N–H and O–H groups in total. The predicted octanol–water partition coefficient (Wildman–Crippen LogP) is 4.12. The van der Waals surface area contributed by atoms with Gasteiger partial charge < -0.3 is 9.15 Å². The minimum absolute atomic E-state index is 0.657. The van der Waals surface area contributed by atoms with Crippen molar-refractivity contribution in [2.75, 3.05) is 7.11 Å². The van der Waals surface area contributed by atoms with E-state index in [-0.39, 0.29) is 0 Å². The smallest absolute Gasteiger partial charge is 0.227 e. The molecule has 0 spiro atoms. The maximum atomic E-state index is 5.82. The van der Waals surface area contributed by atoms with Gasteiger partial charge in [-0.25, -0.2) is 4.98 Å². The summed E-state index contributed by atoms with van der Waals surface area (Å²) in [5, 5.41) is 0. The van der Waals surface area contributed by atoms with E-state index in [2.05, 4.69) is 37.0 Å². The third kappa shape index (κ3) is 2.08. The van der Waals surface area contributed by atoms with Crippen molar-refractivity contribution < 1.29 is 9.15 Å². The van der Waals surface area contributed by atoms with E-state index < -0.39 is 0 Å². The Hall–Kier alpha value is -2.29. The van der Waals surface area contributed by atoms with Gasteiger partial charge in [-0.2, -0.15) is 0 Å². The molecule has 0 amide bonds. The van der Waals surface area contributed by atoms with Crippen molar-refractivity contribution in [3.05, 3.63) is 47.5 Å². The number of nitrogens with zero attached hydrogens (tertiary/aromatic N) is 1. The van der Waals surface area contributed by atoms with Crippen molar-refractivity contribution in [1.29, 1.82) is 0 Å². The Labute approximate surface area is 111 Å². The van der Waals surface area contributed by atoms with Crippen LogP contribution in [0.1, 0.15) is 11.1 Å². The van der Waals surface area contributed by atoms with E-state index in [1.54, 1.807) is 7.11 Å². The van der Waals surface area contributed by atoms with Crippen LogP contribution in [0.4, 0.5) is 0 Å². The number of rotatable bonds is 2. The molecular formula is C16H15NO2. The first-order valence-corrected chi connectivity index (χ1v) is 6.19. The van der Waals surface area contributed by atoms with Gasteiger partial charge in [0.05, 0.1) is 7.11 Å². The number of hydrogen-bond donors (Lipinski definition) is 0. The van der Waals surface area contributed by atoms with Crippen molar-refractivity contribution in [2.45, 2.75) is 13.8 Å². The van der Waals surface area contributed by atoms with E-state index >= 15 is 0 Å². The van der Waals surface area contributed by atoms with Crippen LogP contribution in [0, 0.1) is 13.8 Å². The van der Waals surface area contributed by atoms with Crippen LogP contribution in [0.2, 0.25) is 0 Å². The average molecular weight is 253 g/mol. The lowest BCUT2D eigenvalue weighted by Crippen LogP contribution is -1.84. The fraction of sp³-hybridized carbons (Fsp3) is 0.188. The summed E-state index contributed by atoms with van der Waals surface area (Å²) in [5.74, 6) is 1.44. The molecule has 19 heavy (non-hydrogen) atoms. The Bertz CT molecular complexity index is 744. The quantitative estimate of drug-likeness (QED) is 0.689. The van der Waals surface area contributed by atoms with Gasteiger partial charge in [-0.1, -0.05) is 17.7 Å². The van der Waals surface area contributed by atoms with E-state index in [9.17, 15) is 0 Å². The SMILES string of the molecule is COc1ccc2oc(-c3cc(C)ccc3C)nc2c1. The summed E-state index contributed by atoms with van der Waals surface area (Å²) in [6.45, 7) is 4.12. The lowest BCUT2D eigenvalue weighted by atomic mass is 10.1. The molecule has 0 aliphatic carbocycles. The van der Waals surface area contributed by atoms with Gasteiger partial charge in [-0.15, -0.1) is 0 Å². The molecule has 0 aliphatic heterocycles. The molecule has 0 atom stereocenters. The molecule has 0 radical (unpaired) electrons. The molecule has 0 aliphatic rings. The van der Waals surface area contributed by atoms with Gasteiger partial charge >= 0.3 is 0 Å². The number of hydrogen-bond acceptors (Lipinski definition) is 3. The number of ether oxygens (including phenoxy) is 1. The fourth-order valence-corrected chi connectivity index (χ4v) is 2.12. The van der Waals surface area contributed by atoms with Crippen molar-refractivity contribution in [3.63, 3.8) is 0 Å². The van der Waals surface area contributed by atoms with Crippen molar-refractivity contribution >= 4 is 11.1 Å². The van der Waals surface area contributed by atoms with Crippen molar-refractivity contribution in [1.82, 2.24) is 4.98 Å². The average Bonchev–Trinajstić information content (AvgIpc) is 2.83. The van der Waals surface area contributed by atoms with Crippen LogP contribution in [-0.2, 0) is 0 Å². The molecule has 3 nitrogen and oxygen atoms in total. The summed E-state index contributed by atoms with van der Waals surface area (Å²) in [5.41, 5.74) is 4.98. The minimum atomic E-state index is 0.657. The highest BCUT2D eigenvalue weighted by atomic mass is 16.5. The molecule has 2 aromatic carbocycles. The number of aromatic nitrogens is 1. The van der Waals surface area contributed by atoms with Gasteiger partial charge in [0.2, 0.25) is 5.89 Å². The Kier molecular flexibility index (Phi) is 2.75. The van der Waals surface area contributed by atoms with Gasteiger partial charge in [-0.05, 0) is 37.6 Å². The van der Waals surface area contributed by atoms with Crippen LogP contribution in [0.25, 0.3) is 22.6 Å². The highest BCUT2D eigenvalue weighted by Gasteiger charge is 2.11. The summed E-state index contributed by atoms with van der Waals surface area (Å²) in [7, 11) is 1.65. The fourth-order valence-electron chi connectivity index (χ4n) is 2.12. The molecule has 1 aromatic heterocycles. The van der Waals surface area contributed by atoms with Crippen LogP contribution >= 0.6 is 0 Å². The zero-order chi connectivity index (χ0) is 13.4. The second-order valence-corrected chi connectivity index (χ2v) is 4.67. The zero-order valence-corrected chi connectivity index (χ0v) is 11.2.